The van der Waals surface area contributed by atoms with Crippen molar-refractivity contribution in [3.05, 3.63) is 52.9 Å². The number of sulfone groups is 1. The van der Waals surface area contributed by atoms with Crippen molar-refractivity contribution in [1.29, 1.82) is 0 Å². The van der Waals surface area contributed by atoms with Crippen LogP contribution in [0.5, 0.6) is 0 Å². The predicted molar refractivity (Wildman–Crippen MR) is 114 cm³/mol. The highest BCUT2D eigenvalue weighted by Crippen LogP contribution is 2.35. The summed E-state index contributed by atoms with van der Waals surface area (Å²) in [7, 11) is -3.63. The number of hydrogen-bond donors (Lipinski definition) is 2. The summed E-state index contributed by atoms with van der Waals surface area (Å²) in [6, 6.07) is 4.74. The van der Waals surface area contributed by atoms with E-state index < -0.39 is 20.5 Å². The molecule has 0 fully saturated rings. The number of amides is 1. The molecule has 7 nitrogen and oxygen atoms in total. The van der Waals surface area contributed by atoms with Gasteiger partial charge < -0.3 is 11.1 Å². The minimum absolute atomic E-state index is 0.127. The van der Waals surface area contributed by atoms with Crippen LogP contribution in [0.4, 0.5) is 11.4 Å². The van der Waals surface area contributed by atoms with E-state index in [1.807, 2.05) is 0 Å². The third-order valence-corrected chi connectivity index (χ3v) is 7.17. The maximum absolute atomic E-state index is 13.0. The fraction of sp³-hybridized carbons (Fsp3) is 0.250. The lowest BCUT2D eigenvalue weighted by atomic mass is 10.1. The largest absolute Gasteiger partial charge is 0.365 e. The quantitative estimate of drug-likeness (QED) is 0.643. The SMILES string of the molecule is Cc1cc(S(=O)(=O)C(C)(C)C)cc2c(Nc3cncc(Cl)c3)c(C(N)=O)cnc12. The average molecular weight is 433 g/mol. The van der Waals surface area contributed by atoms with Crippen molar-refractivity contribution in [3.8, 4) is 0 Å². The Balaban J connectivity index is 2.34. The molecule has 2 aromatic heterocycles. The zero-order chi connectivity index (χ0) is 21.6. The van der Waals surface area contributed by atoms with Crippen molar-refractivity contribution in [1.82, 2.24) is 9.97 Å². The normalized spacial score (nSPS) is 12.2. The molecule has 0 saturated heterocycles. The summed E-state index contributed by atoms with van der Waals surface area (Å²) >= 11 is 6.01. The van der Waals surface area contributed by atoms with Crippen LogP contribution in [-0.4, -0.2) is 29.0 Å². The molecule has 0 spiro atoms. The second-order valence-electron chi connectivity index (χ2n) is 7.68. The van der Waals surface area contributed by atoms with Crippen molar-refractivity contribution in [2.24, 2.45) is 5.73 Å². The second kappa shape index (κ2) is 7.27. The monoisotopic (exact) mass is 432 g/mol. The number of anilines is 2. The van der Waals surface area contributed by atoms with Crippen LogP contribution >= 0.6 is 11.6 Å². The van der Waals surface area contributed by atoms with E-state index >= 15 is 0 Å². The summed E-state index contributed by atoms with van der Waals surface area (Å²) in [5.41, 5.74) is 7.76. The van der Waals surface area contributed by atoms with Crippen molar-refractivity contribution in [2.75, 3.05) is 5.32 Å². The number of aryl methyl sites for hydroxylation is 1. The predicted octanol–water partition coefficient (Wildman–Crippen LogP) is 4.01. The highest BCUT2D eigenvalue weighted by molar-refractivity contribution is 7.92. The van der Waals surface area contributed by atoms with Crippen molar-refractivity contribution in [3.63, 3.8) is 0 Å². The second-order valence-corrected chi connectivity index (χ2v) is 10.8. The summed E-state index contributed by atoms with van der Waals surface area (Å²) in [4.78, 5) is 20.5. The summed E-state index contributed by atoms with van der Waals surface area (Å²) in [5, 5.41) is 3.97. The van der Waals surface area contributed by atoms with Gasteiger partial charge in [0.1, 0.15) is 0 Å². The Bertz CT molecular complexity index is 1230. The minimum Gasteiger partial charge on any atom is -0.365 e. The number of nitrogens with two attached hydrogens (primary N) is 1. The molecule has 3 N–H and O–H groups in total. The number of nitrogens with one attached hydrogen (secondary N) is 1. The number of aromatic nitrogens is 2. The Morgan fingerprint density at radius 2 is 1.83 bits per heavy atom. The van der Waals surface area contributed by atoms with Gasteiger partial charge in [-0.2, -0.15) is 0 Å². The Hall–Kier alpha value is -2.71. The van der Waals surface area contributed by atoms with Crippen molar-refractivity contribution in [2.45, 2.75) is 37.3 Å². The molecule has 3 rings (SSSR count). The number of carbonyl (C=O) groups is 1. The first-order chi connectivity index (χ1) is 13.4. The van der Waals surface area contributed by atoms with Crippen LogP contribution in [0.25, 0.3) is 10.9 Å². The topological polar surface area (TPSA) is 115 Å². The molecule has 0 unspecified atom stereocenters. The lowest BCUT2D eigenvalue weighted by Crippen LogP contribution is -2.28. The van der Waals surface area contributed by atoms with E-state index in [0.717, 1.165) is 0 Å². The molecular formula is C20H21ClN4O3S. The summed E-state index contributed by atoms with van der Waals surface area (Å²) in [6.45, 7) is 6.68. The number of halogens is 1. The van der Waals surface area contributed by atoms with Crippen LogP contribution in [0.3, 0.4) is 0 Å². The highest BCUT2D eigenvalue weighted by atomic mass is 35.5. The maximum Gasteiger partial charge on any atom is 0.252 e. The Labute approximate surface area is 174 Å². The molecule has 0 radical (unpaired) electrons. The molecule has 0 aliphatic carbocycles. The molecule has 0 aliphatic heterocycles. The zero-order valence-corrected chi connectivity index (χ0v) is 18.0. The van der Waals surface area contributed by atoms with Gasteiger partial charge in [0.25, 0.3) is 5.91 Å². The average Bonchev–Trinajstić information content (AvgIpc) is 2.61. The Morgan fingerprint density at radius 3 is 2.41 bits per heavy atom. The first-order valence-electron chi connectivity index (χ1n) is 8.77. The summed E-state index contributed by atoms with van der Waals surface area (Å²) < 4.78 is 25.1. The van der Waals surface area contributed by atoms with Gasteiger partial charge in [0.2, 0.25) is 0 Å². The van der Waals surface area contributed by atoms with Crippen LogP contribution in [0.1, 0.15) is 36.7 Å². The molecule has 2 heterocycles. The number of benzene rings is 1. The number of fused-ring (bicyclic) bond motifs is 1. The minimum atomic E-state index is -3.63. The van der Waals surface area contributed by atoms with Crippen LogP contribution in [-0.2, 0) is 9.84 Å². The molecule has 0 atom stereocenters. The van der Waals surface area contributed by atoms with Crippen LogP contribution < -0.4 is 11.1 Å². The van der Waals surface area contributed by atoms with Gasteiger partial charge in [0, 0.05) is 17.8 Å². The first-order valence-corrected chi connectivity index (χ1v) is 10.6. The molecule has 0 aliphatic rings. The fourth-order valence-electron chi connectivity index (χ4n) is 2.90. The maximum atomic E-state index is 13.0. The van der Waals surface area contributed by atoms with Gasteiger partial charge in [-0.1, -0.05) is 11.6 Å². The van der Waals surface area contributed by atoms with E-state index in [4.69, 9.17) is 17.3 Å². The number of hydrogen-bond acceptors (Lipinski definition) is 6. The number of pyridine rings is 2. The van der Waals surface area contributed by atoms with E-state index in [1.165, 1.54) is 24.7 Å². The molecule has 3 aromatic rings. The van der Waals surface area contributed by atoms with Gasteiger partial charge in [-0.15, -0.1) is 0 Å². The lowest BCUT2D eigenvalue weighted by molar-refractivity contribution is 0.100. The summed E-state index contributed by atoms with van der Waals surface area (Å²) in [6.07, 6.45) is 4.38. The van der Waals surface area contributed by atoms with Gasteiger partial charge in [0.05, 0.1) is 43.3 Å². The lowest BCUT2D eigenvalue weighted by Gasteiger charge is -2.21. The van der Waals surface area contributed by atoms with Crippen LogP contribution in [0, 0.1) is 6.92 Å². The van der Waals surface area contributed by atoms with Crippen molar-refractivity contribution < 1.29 is 13.2 Å². The van der Waals surface area contributed by atoms with Gasteiger partial charge in [-0.25, -0.2) is 8.42 Å². The number of rotatable bonds is 4. The fourth-order valence-corrected chi connectivity index (χ4v) is 4.39. The molecule has 0 bridgehead atoms. The molecular weight excluding hydrogens is 412 g/mol. The number of nitrogens with zero attached hydrogens (tertiary/aromatic N) is 2. The van der Waals surface area contributed by atoms with Gasteiger partial charge >= 0.3 is 0 Å². The number of primary amides is 1. The molecule has 29 heavy (non-hydrogen) atoms. The van der Waals surface area contributed by atoms with E-state index in [1.54, 1.807) is 39.8 Å². The first kappa shape index (κ1) is 21.0. The van der Waals surface area contributed by atoms with E-state index in [0.29, 0.717) is 32.9 Å². The van der Waals surface area contributed by atoms with Crippen molar-refractivity contribution >= 4 is 49.6 Å². The van der Waals surface area contributed by atoms with Gasteiger partial charge in [-0.3, -0.25) is 14.8 Å². The van der Waals surface area contributed by atoms with Gasteiger partial charge in [0.15, 0.2) is 9.84 Å². The highest BCUT2D eigenvalue weighted by Gasteiger charge is 2.32. The molecule has 1 amide bonds. The van der Waals surface area contributed by atoms with Crippen LogP contribution in [0.2, 0.25) is 5.02 Å². The molecule has 1 aromatic carbocycles. The Kier molecular flexibility index (Phi) is 5.27. The summed E-state index contributed by atoms with van der Waals surface area (Å²) in [5.74, 6) is -0.696. The molecule has 152 valence electrons. The van der Waals surface area contributed by atoms with E-state index in [-0.39, 0.29) is 10.5 Å². The third-order valence-electron chi connectivity index (χ3n) is 4.49. The van der Waals surface area contributed by atoms with Crippen LogP contribution in [0.15, 0.2) is 41.7 Å². The molecule has 0 saturated carbocycles. The third kappa shape index (κ3) is 3.90. The van der Waals surface area contributed by atoms with E-state index in [9.17, 15) is 13.2 Å². The smallest absolute Gasteiger partial charge is 0.252 e. The van der Waals surface area contributed by atoms with Gasteiger partial charge in [-0.05, 0) is 51.5 Å². The standard InChI is InChI=1S/C20H21ClN4O3S/c1-11-5-14(29(27,28)20(2,3)4)7-15-17(11)24-10-16(19(22)26)18(15)25-13-6-12(21)8-23-9-13/h5-10H,1-4H3,(H2,22,26)(H,24,25). The Morgan fingerprint density at radius 1 is 1.14 bits per heavy atom. The number of carbonyl (C=O) groups excluding carboxylic acids is 1. The molecule has 9 heteroatoms. The van der Waals surface area contributed by atoms with E-state index in [2.05, 4.69) is 15.3 Å². The zero-order valence-electron chi connectivity index (χ0n) is 16.4.